The highest BCUT2D eigenvalue weighted by atomic mass is 35.5. The van der Waals surface area contributed by atoms with Crippen LogP contribution in [-0.2, 0) is 9.59 Å². The number of ether oxygens (including phenoxy) is 1. The van der Waals surface area contributed by atoms with Crippen molar-refractivity contribution in [2.75, 3.05) is 19.7 Å². The molecule has 0 saturated carbocycles. The van der Waals surface area contributed by atoms with Crippen LogP contribution in [0.4, 0.5) is 10.5 Å². The van der Waals surface area contributed by atoms with Crippen LogP contribution in [0.3, 0.4) is 0 Å². The summed E-state index contributed by atoms with van der Waals surface area (Å²) in [5.74, 6) is -0.594. The molecule has 3 amide bonds. The summed E-state index contributed by atoms with van der Waals surface area (Å²) in [7, 11) is 0. The maximum atomic E-state index is 12.5. The number of nitro groups is 1. The molecule has 1 heterocycles. The zero-order chi connectivity index (χ0) is 24.0. The number of rotatable bonds is 8. The Balaban J connectivity index is 1.52. The van der Waals surface area contributed by atoms with Gasteiger partial charge in [-0.05, 0) is 53.7 Å². The van der Waals surface area contributed by atoms with E-state index in [-0.39, 0.29) is 35.3 Å². The molecule has 10 nitrogen and oxygen atoms in total. The van der Waals surface area contributed by atoms with Gasteiger partial charge < -0.3 is 10.1 Å². The van der Waals surface area contributed by atoms with Crippen LogP contribution in [0.25, 0.3) is 6.08 Å². The third-order valence-electron chi connectivity index (χ3n) is 4.35. The van der Waals surface area contributed by atoms with Crippen LogP contribution in [-0.4, -0.2) is 46.6 Å². The summed E-state index contributed by atoms with van der Waals surface area (Å²) in [5, 5.41) is 21.8. The van der Waals surface area contributed by atoms with Gasteiger partial charge in [0.15, 0.2) is 6.61 Å². The van der Waals surface area contributed by atoms with Crippen molar-refractivity contribution < 1.29 is 24.0 Å². The lowest BCUT2D eigenvalue weighted by molar-refractivity contribution is -0.384. The van der Waals surface area contributed by atoms with Crippen LogP contribution in [0.1, 0.15) is 11.1 Å². The van der Waals surface area contributed by atoms with Gasteiger partial charge >= 0.3 is 0 Å². The van der Waals surface area contributed by atoms with Gasteiger partial charge in [0.05, 0.1) is 21.5 Å². The normalized spacial score (nSPS) is 14.3. The van der Waals surface area contributed by atoms with Crippen molar-refractivity contribution in [3.8, 4) is 11.8 Å². The van der Waals surface area contributed by atoms with Crippen molar-refractivity contribution >= 4 is 52.2 Å². The molecule has 1 saturated heterocycles. The highest BCUT2D eigenvalue weighted by Gasteiger charge is 2.34. The first kappa shape index (κ1) is 23.8. The number of carbonyl (C=O) groups excluding carboxylic acids is 3. The summed E-state index contributed by atoms with van der Waals surface area (Å²) in [4.78, 5) is 48.1. The topological polar surface area (TPSA) is 143 Å². The molecule has 2 aromatic carbocycles. The molecular weight excluding hydrogens is 472 g/mol. The van der Waals surface area contributed by atoms with E-state index in [4.69, 9.17) is 21.6 Å². The first-order chi connectivity index (χ1) is 15.8. The summed E-state index contributed by atoms with van der Waals surface area (Å²) in [5.41, 5.74) is 0.507. The van der Waals surface area contributed by atoms with Crippen molar-refractivity contribution in [1.29, 1.82) is 5.26 Å². The van der Waals surface area contributed by atoms with E-state index in [1.165, 1.54) is 24.3 Å². The third-order valence-corrected chi connectivity index (χ3v) is 5.58. The number of nitro benzene ring substituents is 1. The zero-order valence-corrected chi connectivity index (χ0v) is 18.4. The summed E-state index contributed by atoms with van der Waals surface area (Å²) < 4.78 is 5.31. The number of imide groups is 1. The van der Waals surface area contributed by atoms with E-state index in [9.17, 15) is 24.5 Å². The van der Waals surface area contributed by atoms with Crippen molar-refractivity contribution in [3.05, 3.63) is 73.6 Å². The van der Waals surface area contributed by atoms with Gasteiger partial charge in [0.25, 0.3) is 22.7 Å². The van der Waals surface area contributed by atoms with Gasteiger partial charge in [-0.25, -0.2) is 0 Å². The molecule has 0 radical (unpaired) electrons. The standard InChI is InChI=1S/C21H15ClN4O6S/c22-16-6-3-14(9-17(16)26(30)31)10-18-20(28)25(21(29)33-18)8-7-24-19(27)12-32-15-4-1-13(11-23)2-5-15/h1-6,9-10H,7-8,12H2,(H,24,27)/b18-10-. The lowest BCUT2D eigenvalue weighted by Crippen LogP contribution is -2.38. The van der Waals surface area contributed by atoms with Crippen LogP contribution >= 0.6 is 23.4 Å². The maximum absolute atomic E-state index is 12.5. The van der Waals surface area contributed by atoms with Crippen molar-refractivity contribution in [2.24, 2.45) is 0 Å². The molecule has 1 fully saturated rings. The molecule has 0 spiro atoms. The fourth-order valence-electron chi connectivity index (χ4n) is 2.74. The number of nitriles is 1. The Kier molecular flexibility index (Phi) is 7.66. The number of nitrogens with one attached hydrogen (secondary N) is 1. The molecule has 0 atom stereocenters. The van der Waals surface area contributed by atoms with E-state index in [1.807, 2.05) is 6.07 Å². The fraction of sp³-hybridized carbons (Fsp3) is 0.143. The first-order valence-corrected chi connectivity index (χ1v) is 10.6. The molecule has 1 aliphatic rings. The summed E-state index contributed by atoms with van der Waals surface area (Å²) in [6.07, 6.45) is 1.37. The second kappa shape index (κ2) is 10.6. The Hall–Kier alpha value is -3.88. The lowest BCUT2D eigenvalue weighted by Gasteiger charge is -2.13. The molecule has 1 aliphatic heterocycles. The highest BCUT2D eigenvalue weighted by molar-refractivity contribution is 8.18. The SMILES string of the molecule is N#Cc1ccc(OCC(=O)NCCN2C(=O)S/C(=C\c3ccc(Cl)c([N+](=O)[O-])c3)C2=O)cc1. The minimum Gasteiger partial charge on any atom is -0.484 e. The van der Waals surface area contributed by atoms with Crippen molar-refractivity contribution in [1.82, 2.24) is 10.2 Å². The molecular formula is C21H15ClN4O6S. The molecule has 33 heavy (non-hydrogen) atoms. The Morgan fingerprint density at radius 3 is 2.67 bits per heavy atom. The summed E-state index contributed by atoms with van der Waals surface area (Å²) in [6, 6.07) is 12.3. The fourth-order valence-corrected chi connectivity index (χ4v) is 3.79. The van der Waals surface area contributed by atoms with E-state index >= 15 is 0 Å². The maximum Gasteiger partial charge on any atom is 0.293 e. The predicted octanol–water partition coefficient (Wildman–Crippen LogP) is 3.35. The minimum atomic E-state index is -0.640. The van der Waals surface area contributed by atoms with E-state index in [0.29, 0.717) is 28.6 Å². The van der Waals surface area contributed by atoms with Crippen LogP contribution in [0, 0.1) is 21.4 Å². The van der Waals surface area contributed by atoms with Crippen LogP contribution < -0.4 is 10.1 Å². The molecule has 1 N–H and O–H groups in total. The quantitative estimate of drug-likeness (QED) is 0.340. The molecule has 3 rings (SSSR count). The van der Waals surface area contributed by atoms with Gasteiger partial charge in [-0.3, -0.25) is 29.4 Å². The highest BCUT2D eigenvalue weighted by Crippen LogP contribution is 2.33. The molecule has 168 valence electrons. The van der Waals surface area contributed by atoms with Crippen molar-refractivity contribution in [3.63, 3.8) is 0 Å². The number of hydrogen-bond acceptors (Lipinski definition) is 8. The molecule has 0 aliphatic carbocycles. The van der Waals surface area contributed by atoms with Gasteiger partial charge in [-0.2, -0.15) is 5.26 Å². The van der Waals surface area contributed by atoms with Crippen LogP contribution in [0.2, 0.25) is 5.02 Å². The Morgan fingerprint density at radius 2 is 2.00 bits per heavy atom. The number of amides is 3. The van der Waals surface area contributed by atoms with E-state index in [1.54, 1.807) is 24.3 Å². The average Bonchev–Trinajstić information content (AvgIpc) is 3.06. The van der Waals surface area contributed by atoms with Crippen LogP contribution in [0.5, 0.6) is 5.75 Å². The van der Waals surface area contributed by atoms with Gasteiger partial charge in [-0.15, -0.1) is 0 Å². The number of halogens is 1. The monoisotopic (exact) mass is 486 g/mol. The number of thioether (sulfide) groups is 1. The minimum absolute atomic E-state index is 0.0211. The van der Waals surface area contributed by atoms with Crippen molar-refractivity contribution in [2.45, 2.75) is 0 Å². The summed E-state index contributed by atoms with van der Waals surface area (Å²) >= 11 is 6.48. The second-order valence-corrected chi connectivity index (χ2v) is 7.98. The van der Waals surface area contributed by atoms with Crippen LogP contribution in [0.15, 0.2) is 47.4 Å². The smallest absolute Gasteiger partial charge is 0.293 e. The molecule has 0 aromatic heterocycles. The van der Waals surface area contributed by atoms with Gasteiger partial charge in [0.2, 0.25) is 0 Å². The number of carbonyl (C=O) groups is 3. The van der Waals surface area contributed by atoms with Gasteiger partial charge in [0, 0.05) is 19.2 Å². The first-order valence-electron chi connectivity index (χ1n) is 9.37. The predicted molar refractivity (Wildman–Crippen MR) is 120 cm³/mol. The largest absolute Gasteiger partial charge is 0.484 e. The third kappa shape index (κ3) is 6.09. The number of nitrogens with zero attached hydrogens (tertiary/aromatic N) is 3. The van der Waals surface area contributed by atoms with E-state index in [0.717, 1.165) is 4.90 Å². The Bertz CT molecular complexity index is 1190. The number of hydrogen-bond donors (Lipinski definition) is 1. The Morgan fingerprint density at radius 1 is 1.27 bits per heavy atom. The Labute approximate surface area is 196 Å². The molecule has 0 unspecified atom stereocenters. The lowest BCUT2D eigenvalue weighted by atomic mass is 10.2. The molecule has 0 bridgehead atoms. The number of benzene rings is 2. The van der Waals surface area contributed by atoms with Gasteiger partial charge in [0.1, 0.15) is 10.8 Å². The molecule has 12 heteroatoms. The zero-order valence-electron chi connectivity index (χ0n) is 16.8. The van der Waals surface area contributed by atoms with E-state index < -0.39 is 22.0 Å². The van der Waals surface area contributed by atoms with Gasteiger partial charge in [-0.1, -0.05) is 17.7 Å². The molecule has 2 aromatic rings. The average molecular weight is 487 g/mol. The summed E-state index contributed by atoms with van der Waals surface area (Å²) in [6.45, 7) is -0.304. The van der Waals surface area contributed by atoms with E-state index in [2.05, 4.69) is 5.32 Å². The second-order valence-electron chi connectivity index (χ2n) is 6.58.